The standard InChI is InChI=1S/C46H34N2/c1-31-32(2)47(38-12-5-3-6-13-38)44-28-20-34(30-42(31)44)17-16-33-18-25-40(26-19-33)48(39-14-7-4-8-15-39)43-29-24-37-22-21-35-10-9-11-36-23-27-41(43)46(37)45(35)36/h3-30H,1-2H3/b17-16+. The largest absolute Gasteiger partial charge is 0.314 e. The maximum atomic E-state index is 2.38. The summed E-state index contributed by atoms with van der Waals surface area (Å²) in [7, 11) is 0. The fourth-order valence-electron chi connectivity index (χ4n) is 7.45. The van der Waals surface area contributed by atoms with E-state index in [-0.39, 0.29) is 0 Å². The van der Waals surface area contributed by atoms with Gasteiger partial charge in [0.05, 0.1) is 11.2 Å². The molecular weight excluding hydrogens is 581 g/mol. The molecule has 0 aliphatic rings. The van der Waals surface area contributed by atoms with Crippen molar-refractivity contribution in [2.45, 2.75) is 13.8 Å². The molecule has 0 aliphatic carbocycles. The first-order valence-corrected chi connectivity index (χ1v) is 16.6. The van der Waals surface area contributed by atoms with Crippen molar-refractivity contribution >= 4 is 72.4 Å². The summed E-state index contributed by atoms with van der Waals surface area (Å²) in [5, 5.41) is 9.04. The van der Waals surface area contributed by atoms with E-state index in [1.54, 1.807) is 0 Å². The van der Waals surface area contributed by atoms with Gasteiger partial charge in [0, 0.05) is 33.5 Å². The maximum absolute atomic E-state index is 2.38. The molecule has 0 amide bonds. The van der Waals surface area contributed by atoms with Crippen molar-refractivity contribution in [3.63, 3.8) is 0 Å². The van der Waals surface area contributed by atoms with E-state index in [2.05, 4.69) is 193 Å². The second-order valence-corrected chi connectivity index (χ2v) is 12.7. The SMILES string of the molecule is Cc1c(C)n(-c2ccccc2)c2ccc(/C=C/c3ccc(N(c4ccccc4)c4ccc5ccc6cccc7ccc4c5c67)cc3)cc12. The third-order valence-electron chi connectivity index (χ3n) is 9.94. The van der Waals surface area contributed by atoms with Gasteiger partial charge in [-0.25, -0.2) is 0 Å². The topological polar surface area (TPSA) is 8.17 Å². The smallest absolute Gasteiger partial charge is 0.0540 e. The van der Waals surface area contributed by atoms with Crippen LogP contribution in [0.2, 0.25) is 0 Å². The van der Waals surface area contributed by atoms with Crippen LogP contribution >= 0.6 is 0 Å². The Morgan fingerprint density at radius 3 is 1.83 bits per heavy atom. The average molecular weight is 615 g/mol. The van der Waals surface area contributed by atoms with Crippen molar-refractivity contribution in [1.29, 1.82) is 0 Å². The van der Waals surface area contributed by atoms with E-state index >= 15 is 0 Å². The number of rotatable bonds is 6. The summed E-state index contributed by atoms with van der Waals surface area (Å²) in [5.74, 6) is 0. The number of nitrogens with zero attached hydrogens (tertiary/aromatic N) is 2. The lowest BCUT2D eigenvalue weighted by Gasteiger charge is -2.27. The molecule has 0 bridgehead atoms. The molecule has 0 unspecified atom stereocenters. The molecular formula is C46H34N2. The zero-order valence-corrected chi connectivity index (χ0v) is 27.1. The Labute approximate surface area is 280 Å². The first-order valence-electron chi connectivity index (χ1n) is 16.6. The molecule has 0 fully saturated rings. The zero-order valence-electron chi connectivity index (χ0n) is 27.1. The second kappa shape index (κ2) is 11.3. The molecule has 0 atom stereocenters. The maximum Gasteiger partial charge on any atom is 0.0540 e. The number of aromatic nitrogens is 1. The van der Waals surface area contributed by atoms with Crippen molar-refractivity contribution in [2.75, 3.05) is 4.90 Å². The molecule has 228 valence electrons. The normalized spacial score (nSPS) is 11.9. The number of benzene rings is 8. The lowest BCUT2D eigenvalue weighted by Crippen LogP contribution is -2.10. The molecule has 0 aliphatic heterocycles. The Morgan fingerprint density at radius 2 is 1.08 bits per heavy atom. The number of para-hydroxylation sites is 2. The fourth-order valence-corrected chi connectivity index (χ4v) is 7.45. The van der Waals surface area contributed by atoms with Crippen molar-refractivity contribution in [3.8, 4) is 5.69 Å². The number of fused-ring (bicyclic) bond motifs is 1. The molecule has 1 aromatic heterocycles. The summed E-state index contributed by atoms with van der Waals surface area (Å²) < 4.78 is 2.36. The van der Waals surface area contributed by atoms with Crippen LogP contribution in [0.5, 0.6) is 0 Å². The molecule has 0 saturated heterocycles. The second-order valence-electron chi connectivity index (χ2n) is 12.7. The molecule has 1 heterocycles. The Morgan fingerprint density at radius 1 is 0.479 bits per heavy atom. The van der Waals surface area contributed by atoms with Gasteiger partial charge in [-0.1, -0.05) is 115 Å². The van der Waals surface area contributed by atoms with Gasteiger partial charge in [0.2, 0.25) is 0 Å². The summed E-state index contributed by atoms with van der Waals surface area (Å²) in [6.45, 7) is 4.43. The van der Waals surface area contributed by atoms with Crippen LogP contribution in [-0.4, -0.2) is 4.57 Å². The molecule has 48 heavy (non-hydrogen) atoms. The van der Waals surface area contributed by atoms with E-state index in [0.29, 0.717) is 0 Å². The molecule has 2 nitrogen and oxygen atoms in total. The molecule has 0 N–H and O–H groups in total. The van der Waals surface area contributed by atoms with Crippen LogP contribution in [0.1, 0.15) is 22.4 Å². The van der Waals surface area contributed by atoms with Crippen LogP contribution in [0.4, 0.5) is 17.1 Å². The Hall–Kier alpha value is -6.12. The minimum atomic E-state index is 1.13. The quantitative estimate of drug-likeness (QED) is 0.134. The van der Waals surface area contributed by atoms with E-state index in [1.165, 1.54) is 71.4 Å². The van der Waals surface area contributed by atoms with Crippen molar-refractivity contribution in [2.24, 2.45) is 0 Å². The van der Waals surface area contributed by atoms with Crippen molar-refractivity contribution in [3.05, 3.63) is 180 Å². The van der Waals surface area contributed by atoms with Gasteiger partial charge in [0.15, 0.2) is 0 Å². The van der Waals surface area contributed by atoms with Gasteiger partial charge in [-0.05, 0) is 112 Å². The first-order chi connectivity index (χ1) is 23.6. The number of hydrogen-bond acceptors (Lipinski definition) is 1. The van der Waals surface area contributed by atoms with E-state index in [0.717, 1.165) is 16.9 Å². The van der Waals surface area contributed by atoms with Crippen LogP contribution in [0.25, 0.3) is 61.1 Å². The van der Waals surface area contributed by atoms with E-state index in [9.17, 15) is 0 Å². The third-order valence-corrected chi connectivity index (χ3v) is 9.94. The predicted molar refractivity (Wildman–Crippen MR) is 207 cm³/mol. The summed E-state index contributed by atoms with van der Waals surface area (Å²) in [5.41, 5.74) is 10.8. The molecule has 0 radical (unpaired) electrons. The lowest BCUT2D eigenvalue weighted by molar-refractivity contribution is 1.04. The highest BCUT2D eigenvalue weighted by Crippen LogP contribution is 2.43. The van der Waals surface area contributed by atoms with Crippen LogP contribution in [0, 0.1) is 13.8 Å². The number of anilines is 3. The van der Waals surface area contributed by atoms with E-state index in [4.69, 9.17) is 0 Å². The molecule has 9 rings (SSSR count). The molecule has 0 spiro atoms. The highest BCUT2D eigenvalue weighted by atomic mass is 15.1. The first kappa shape index (κ1) is 28.1. The van der Waals surface area contributed by atoms with Gasteiger partial charge in [-0.15, -0.1) is 0 Å². The van der Waals surface area contributed by atoms with E-state index in [1.807, 2.05) is 0 Å². The minimum absolute atomic E-state index is 1.13. The predicted octanol–water partition coefficient (Wildman–Crippen LogP) is 12.8. The van der Waals surface area contributed by atoms with Gasteiger partial charge in [0.1, 0.15) is 0 Å². The van der Waals surface area contributed by atoms with Gasteiger partial charge < -0.3 is 9.47 Å². The summed E-state index contributed by atoms with van der Waals surface area (Å²) in [4.78, 5) is 2.38. The molecule has 9 aromatic rings. The van der Waals surface area contributed by atoms with Crippen LogP contribution in [0.3, 0.4) is 0 Å². The Balaban J connectivity index is 1.09. The Bertz CT molecular complexity index is 2590. The fraction of sp³-hybridized carbons (Fsp3) is 0.0435. The highest BCUT2D eigenvalue weighted by molar-refractivity contribution is 6.25. The third kappa shape index (κ3) is 4.57. The van der Waals surface area contributed by atoms with Gasteiger partial charge >= 0.3 is 0 Å². The number of hydrogen-bond donors (Lipinski definition) is 0. The number of aryl methyl sites for hydroxylation is 1. The highest BCUT2D eigenvalue weighted by Gasteiger charge is 2.18. The summed E-state index contributed by atoms with van der Waals surface area (Å²) in [6.07, 6.45) is 4.43. The van der Waals surface area contributed by atoms with E-state index < -0.39 is 0 Å². The van der Waals surface area contributed by atoms with Gasteiger partial charge in [-0.3, -0.25) is 0 Å². The minimum Gasteiger partial charge on any atom is -0.314 e. The van der Waals surface area contributed by atoms with Crippen LogP contribution < -0.4 is 4.90 Å². The van der Waals surface area contributed by atoms with Crippen molar-refractivity contribution in [1.82, 2.24) is 4.57 Å². The van der Waals surface area contributed by atoms with Crippen LogP contribution in [0.15, 0.2) is 158 Å². The summed E-state index contributed by atoms with van der Waals surface area (Å²) >= 11 is 0. The molecule has 0 saturated carbocycles. The van der Waals surface area contributed by atoms with Crippen LogP contribution in [-0.2, 0) is 0 Å². The van der Waals surface area contributed by atoms with Gasteiger partial charge in [0.25, 0.3) is 0 Å². The van der Waals surface area contributed by atoms with Crippen molar-refractivity contribution < 1.29 is 0 Å². The Kier molecular flexibility index (Phi) is 6.62. The molecule has 2 heteroatoms. The average Bonchev–Trinajstić information content (AvgIpc) is 3.40. The summed E-state index contributed by atoms with van der Waals surface area (Å²) in [6, 6.07) is 57.2. The zero-order chi connectivity index (χ0) is 32.2. The monoisotopic (exact) mass is 614 g/mol. The lowest BCUT2D eigenvalue weighted by atomic mass is 9.93. The van der Waals surface area contributed by atoms with Gasteiger partial charge in [-0.2, -0.15) is 0 Å². The molecule has 8 aromatic carbocycles.